The van der Waals surface area contributed by atoms with Crippen LogP contribution in [0.5, 0.6) is 0 Å². The first-order chi connectivity index (χ1) is 10.5. The molecule has 0 atom stereocenters. The monoisotopic (exact) mass is 291 g/mol. The minimum atomic E-state index is 0.788. The fourth-order valence-electron chi connectivity index (χ4n) is 2.72. The van der Waals surface area contributed by atoms with E-state index in [-0.39, 0.29) is 0 Å². The summed E-state index contributed by atoms with van der Waals surface area (Å²) in [6.45, 7) is 8.24. The molecule has 0 saturated carbocycles. The standard InChI is InChI=1S/C19H21N3/c1-13-9-10-19(21-15(13)3)20-14(2)11-16-12-22(4)18-8-6-5-7-17(16)18/h5-10,12H,2,11H2,1,3-4H3,(H,20,21). The van der Waals surface area contributed by atoms with Crippen LogP contribution < -0.4 is 5.32 Å². The number of allylic oxidation sites excluding steroid dienone is 1. The smallest absolute Gasteiger partial charge is 0.130 e. The van der Waals surface area contributed by atoms with E-state index >= 15 is 0 Å². The molecule has 0 amide bonds. The minimum Gasteiger partial charge on any atom is -0.350 e. The third-order valence-corrected chi connectivity index (χ3v) is 4.04. The van der Waals surface area contributed by atoms with Gasteiger partial charge in [0.2, 0.25) is 0 Å². The number of nitrogens with zero attached hydrogens (tertiary/aromatic N) is 2. The summed E-state index contributed by atoms with van der Waals surface area (Å²) in [4.78, 5) is 4.54. The van der Waals surface area contributed by atoms with Gasteiger partial charge in [0.05, 0.1) is 0 Å². The van der Waals surface area contributed by atoms with Crippen molar-refractivity contribution in [2.45, 2.75) is 20.3 Å². The zero-order chi connectivity index (χ0) is 15.7. The quantitative estimate of drug-likeness (QED) is 0.774. The van der Waals surface area contributed by atoms with Gasteiger partial charge in [-0.3, -0.25) is 0 Å². The van der Waals surface area contributed by atoms with Crippen molar-refractivity contribution in [1.82, 2.24) is 9.55 Å². The van der Waals surface area contributed by atoms with Gasteiger partial charge in [0.15, 0.2) is 0 Å². The Bertz CT molecular complexity index is 843. The first kappa shape index (κ1) is 14.4. The maximum absolute atomic E-state index is 4.54. The molecule has 1 aromatic carbocycles. The van der Waals surface area contributed by atoms with Crippen LogP contribution in [0.4, 0.5) is 5.82 Å². The molecule has 0 aliphatic heterocycles. The van der Waals surface area contributed by atoms with Crippen LogP contribution in [-0.2, 0) is 13.5 Å². The summed E-state index contributed by atoms with van der Waals surface area (Å²) in [5, 5.41) is 4.60. The largest absolute Gasteiger partial charge is 0.350 e. The average molecular weight is 291 g/mol. The van der Waals surface area contributed by atoms with E-state index in [0.717, 1.165) is 23.6 Å². The maximum Gasteiger partial charge on any atom is 0.130 e. The van der Waals surface area contributed by atoms with Crippen molar-refractivity contribution < 1.29 is 0 Å². The molecule has 0 aliphatic rings. The molecule has 0 radical (unpaired) electrons. The lowest BCUT2D eigenvalue weighted by atomic mass is 10.1. The molecule has 1 N–H and O–H groups in total. The van der Waals surface area contributed by atoms with E-state index < -0.39 is 0 Å². The number of anilines is 1. The Hall–Kier alpha value is -2.55. The van der Waals surface area contributed by atoms with Gasteiger partial charge in [0.1, 0.15) is 5.82 Å². The number of para-hydroxylation sites is 1. The van der Waals surface area contributed by atoms with Crippen LogP contribution in [0.3, 0.4) is 0 Å². The number of aromatic nitrogens is 2. The van der Waals surface area contributed by atoms with E-state index in [2.05, 4.69) is 71.9 Å². The lowest BCUT2D eigenvalue weighted by Gasteiger charge is -2.10. The summed E-state index contributed by atoms with van der Waals surface area (Å²) in [5.74, 6) is 0.855. The Morgan fingerprint density at radius 1 is 1.18 bits per heavy atom. The van der Waals surface area contributed by atoms with Crippen LogP contribution in [0.15, 0.2) is 54.9 Å². The van der Waals surface area contributed by atoms with Crippen LogP contribution in [0.1, 0.15) is 16.8 Å². The topological polar surface area (TPSA) is 29.9 Å². The van der Waals surface area contributed by atoms with E-state index in [0.29, 0.717) is 0 Å². The lowest BCUT2D eigenvalue weighted by molar-refractivity contribution is 0.956. The summed E-state index contributed by atoms with van der Waals surface area (Å²) in [5.41, 5.74) is 5.72. The average Bonchev–Trinajstić information content (AvgIpc) is 2.80. The second kappa shape index (κ2) is 5.68. The number of nitrogens with one attached hydrogen (secondary N) is 1. The van der Waals surface area contributed by atoms with Crippen LogP contribution in [0.25, 0.3) is 10.9 Å². The molecule has 2 aromatic heterocycles. The number of pyridine rings is 1. The first-order valence-corrected chi connectivity index (χ1v) is 7.46. The summed E-state index contributed by atoms with van der Waals surface area (Å²) < 4.78 is 2.16. The summed E-state index contributed by atoms with van der Waals surface area (Å²) in [6.07, 6.45) is 2.96. The van der Waals surface area contributed by atoms with Gasteiger partial charge in [0, 0.05) is 42.0 Å². The van der Waals surface area contributed by atoms with Crippen LogP contribution in [0, 0.1) is 13.8 Å². The summed E-state index contributed by atoms with van der Waals surface area (Å²) in [7, 11) is 2.08. The molecule has 0 spiro atoms. The van der Waals surface area contributed by atoms with Gasteiger partial charge in [-0.2, -0.15) is 0 Å². The second-order valence-electron chi connectivity index (χ2n) is 5.79. The van der Waals surface area contributed by atoms with Crippen molar-refractivity contribution in [1.29, 1.82) is 0 Å². The fraction of sp³-hybridized carbons (Fsp3) is 0.211. The summed E-state index contributed by atoms with van der Waals surface area (Å²) >= 11 is 0. The van der Waals surface area contributed by atoms with Crippen molar-refractivity contribution in [2.75, 3.05) is 5.32 Å². The third-order valence-electron chi connectivity index (χ3n) is 4.04. The number of hydrogen-bond donors (Lipinski definition) is 1. The third kappa shape index (κ3) is 2.75. The Labute approximate surface area is 131 Å². The molecule has 3 nitrogen and oxygen atoms in total. The Morgan fingerprint density at radius 2 is 1.95 bits per heavy atom. The van der Waals surface area contributed by atoms with E-state index in [1.807, 2.05) is 13.0 Å². The Balaban J connectivity index is 1.80. The highest BCUT2D eigenvalue weighted by Crippen LogP contribution is 2.23. The molecule has 3 rings (SSSR count). The molecular formula is C19H21N3. The van der Waals surface area contributed by atoms with Gasteiger partial charge in [-0.05, 0) is 37.1 Å². The predicted octanol–water partition coefficient (Wildman–Crippen LogP) is 4.36. The molecule has 3 aromatic rings. The van der Waals surface area contributed by atoms with Crippen molar-refractivity contribution >= 4 is 16.7 Å². The number of hydrogen-bond acceptors (Lipinski definition) is 2. The molecule has 22 heavy (non-hydrogen) atoms. The van der Waals surface area contributed by atoms with E-state index in [9.17, 15) is 0 Å². The molecule has 0 fully saturated rings. The van der Waals surface area contributed by atoms with Gasteiger partial charge < -0.3 is 9.88 Å². The highest BCUT2D eigenvalue weighted by atomic mass is 15.0. The predicted molar refractivity (Wildman–Crippen MR) is 93.1 cm³/mol. The van der Waals surface area contributed by atoms with Crippen LogP contribution in [0.2, 0.25) is 0 Å². The Morgan fingerprint density at radius 3 is 2.73 bits per heavy atom. The highest BCUT2D eigenvalue weighted by Gasteiger charge is 2.08. The zero-order valence-electron chi connectivity index (χ0n) is 13.4. The van der Waals surface area contributed by atoms with E-state index in [1.165, 1.54) is 22.0 Å². The second-order valence-corrected chi connectivity index (χ2v) is 5.79. The van der Waals surface area contributed by atoms with Crippen LogP contribution in [-0.4, -0.2) is 9.55 Å². The molecule has 0 bridgehead atoms. The molecule has 0 saturated heterocycles. The molecule has 0 unspecified atom stereocenters. The van der Waals surface area contributed by atoms with Gasteiger partial charge in [0.25, 0.3) is 0 Å². The van der Waals surface area contributed by atoms with E-state index in [4.69, 9.17) is 0 Å². The number of aryl methyl sites for hydroxylation is 3. The highest BCUT2D eigenvalue weighted by molar-refractivity contribution is 5.84. The van der Waals surface area contributed by atoms with Crippen molar-refractivity contribution in [3.05, 3.63) is 71.7 Å². The Kier molecular flexibility index (Phi) is 3.72. The SMILES string of the molecule is C=C(Cc1cn(C)c2ccccc12)Nc1ccc(C)c(C)n1. The van der Waals surface area contributed by atoms with Gasteiger partial charge in [-0.15, -0.1) is 0 Å². The summed E-state index contributed by atoms with van der Waals surface area (Å²) in [6, 6.07) is 12.5. The van der Waals surface area contributed by atoms with Crippen molar-refractivity contribution in [3.63, 3.8) is 0 Å². The van der Waals surface area contributed by atoms with E-state index in [1.54, 1.807) is 0 Å². The van der Waals surface area contributed by atoms with Crippen molar-refractivity contribution in [3.8, 4) is 0 Å². The molecular weight excluding hydrogens is 270 g/mol. The first-order valence-electron chi connectivity index (χ1n) is 7.46. The number of rotatable bonds is 4. The molecule has 2 heterocycles. The molecule has 112 valence electrons. The van der Waals surface area contributed by atoms with Crippen LogP contribution >= 0.6 is 0 Å². The van der Waals surface area contributed by atoms with Gasteiger partial charge in [-0.25, -0.2) is 4.98 Å². The molecule has 0 aliphatic carbocycles. The molecule has 3 heteroatoms. The normalized spacial score (nSPS) is 10.9. The zero-order valence-corrected chi connectivity index (χ0v) is 13.4. The lowest BCUT2D eigenvalue weighted by Crippen LogP contribution is -2.04. The van der Waals surface area contributed by atoms with Crippen molar-refractivity contribution in [2.24, 2.45) is 7.05 Å². The minimum absolute atomic E-state index is 0.788. The fourth-order valence-corrected chi connectivity index (χ4v) is 2.72. The van der Waals surface area contributed by atoms with Gasteiger partial charge in [-0.1, -0.05) is 30.8 Å². The number of fused-ring (bicyclic) bond motifs is 1. The number of benzene rings is 1. The maximum atomic E-state index is 4.54. The van der Waals surface area contributed by atoms with Gasteiger partial charge >= 0.3 is 0 Å².